The Kier molecular flexibility index (Phi) is 7.17. The van der Waals surface area contributed by atoms with Crippen molar-refractivity contribution in [3.05, 3.63) is 136 Å². The van der Waals surface area contributed by atoms with Gasteiger partial charge in [0.05, 0.1) is 23.5 Å². The van der Waals surface area contributed by atoms with Crippen LogP contribution >= 0.6 is 28.1 Å². The second kappa shape index (κ2) is 10.9. The van der Waals surface area contributed by atoms with E-state index >= 15 is 0 Å². The summed E-state index contributed by atoms with van der Waals surface area (Å²) >= 11 is 9.72. The lowest BCUT2D eigenvalue weighted by Crippen LogP contribution is -2.29. The van der Waals surface area contributed by atoms with Crippen LogP contribution in [0, 0.1) is 20.8 Å². The van der Waals surface area contributed by atoms with Gasteiger partial charge >= 0.3 is 0 Å². The zero-order chi connectivity index (χ0) is 27.8. The number of thiocarbonyl (C=S) groups is 1. The molecule has 0 bridgehead atoms. The Bertz CT molecular complexity index is 1680. The Morgan fingerprint density at radius 1 is 0.875 bits per heavy atom. The van der Waals surface area contributed by atoms with Gasteiger partial charge in [-0.1, -0.05) is 36.4 Å². The zero-order valence-corrected chi connectivity index (χ0v) is 24.9. The smallest absolute Gasteiger partial charge is 0.174 e. The van der Waals surface area contributed by atoms with Crippen molar-refractivity contribution in [1.29, 1.82) is 0 Å². The summed E-state index contributed by atoms with van der Waals surface area (Å²) in [6.07, 6.45) is 1.84. The van der Waals surface area contributed by atoms with E-state index in [0.717, 1.165) is 50.0 Å². The van der Waals surface area contributed by atoms with Crippen LogP contribution < -0.4 is 15.0 Å². The van der Waals surface area contributed by atoms with Crippen molar-refractivity contribution in [3.63, 3.8) is 0 Å². The molecule has 0 amide bonds. The molecule has 1 aliphatic heterocycles. The molecule has 0 unspecified atom stereocenters. The Morgan fingerprint density at radius 3 is 2.33 bits per heavy atom. The van der Waals surface area contributed by atoms with Crippen LogP contribution in [0.3, 0.4) is 0 Å². The fourth-order valence-corrected chi connectivity index (χ4v) is 6.32. The number of ether oxygens (including phenoxy) is 1. The highest BCUT2D eigenvalue weighted by Crippen LogP contribution is 2.44. The minimum Gasteiger partial charge on any atom is -0.457 e. The van der Waals surface area contributed by atoms with E-state index in [2.05, 4.69) is 87.0 Å². The maximum absolute atomic E-state index is 6.17. The summed E-state index contributed by atoms with van der Waals surface area (Å²) in [5.74, 6) is 1.63. The van der Waals surface area contributed by atoms with E-state index in [0.29, 0.717) is 5.11 Å². The monoisotopic (exact) mass is 608 g/mol. The van der Waals surface area contributed by atoms with E-state index < -0.39 is 0 Å². The molecule has 40 heavy (non-hydrogen) atoms. The van der Waals surface area contributed by atoms with Crippen molar-refractivity contribution < 1.29 is 4.74 Å². The molecule has 200 valence electrons. The van der Waals surface area contributed by atoms with E-state index in [1.807, 2.05) is 67.7 Å². The first-order valence-corrected chi connectivity index (χ1v) is 14.4. The molecule has 0 aliphatic carbocycles. The highest BCUT2D eigenvalue weighted by molar-refractivity contribution is 9.10. The summed E-state index contributed by atoms with van der Waals surface area (Å²) in [6, 6.07) is 32.5. The van der Waals surface area contributed by atoms with Gasteiger partial charge in [0.1, 0.15) is 11.5 Å². The molecule has 2 aromatic heterocycles. The van der Waals surface area contributed by atoms with Gasteiger partial charge in [-0.3, -0.25) is 4.98 Å². The molecule has 1 N–H and O–H groups in total. The van der Waals surface area contributed by atoms with E-state index in [9.17, 15) is 0 Å². The number of benzene rings is 3. The second-order valence-corrected chi connectivity index (χ2v) is 11.2. The molecule has 0 radical (unpaired) electrons. The summed E-state index contributed by atoms with van der Waals surface area (Å²) in [7, 11) is 0. The SMILES string of the molecule is Cc1ccccc1Oc1ccc(N2C(=S)N[C@@H](c3ccccn3)[C@H]2c2cc(C)n(-c3ccccc3Br)c2C)cc1. The van der Waals surface area contributed by atoms with Gasteiger partial charge in [0.25, 0.3) is 0 Å². The maximum Gasteiger partial charge on any atom is 0.174 e. The molecule has 5 nitrogen and oxygen atoms in total. The van der Waals surface area contributed by atoms with E-state index in [4.69, 9.17) is 21.9 Å². The van der Waals surface area contributed by atoms with Crippen LogP contribution in [0.25, 0.3) is 5.69 Å². The highest BCUT2D eigenvalue weighted by Gasteiger charge is 2.42. The molecule has 1 saturated heterocycles. The molecule has 6 rings (SSSR count). The Morgan fingerprint density at radius 2 is 1.60 bits per heavy atom. The topological polar surface area (TPSA) is 42.3 Å². The first kappa shape index (κ1) is 26.3. The fraction of sp³-hybridized carbons (Fsp3) is 0.152. The third-order valence-corrected chi connectivity index (χ3v) is 8.40. The van der Waals surface area contributed by atoms with Crippen molar-refractivity contribution >= 4 is 38.9 Å². The largest absolute Gasteiger partial charge is 0.457 e. The Labute approximate surface area is 248 Å². The number of aromatic nitrogens is 2. The van der Waals surface area contributed by atoms with Crippen LogP contribution in [0.15, 0.2) is 108 Å². The number of para-hydroxylation sites is 2. The number of aryl methyl sites for hydroxylation is 2. The van der Waals surface area contributed by atoms with Gasteiger partial charge in [-0.05, 0) is 121 Å². The van der Waals surface area contributed by atoms with Crippen molar-refractivity contribution in [3.8, 4) is 17.2 Å². The van der Waals surface area contributed by atoms with Gasteiger partial charge in [0.15, 0.2) is 5.11 Å². The highest BCUT2D eigenvalue weighted by atomic mass is 79.9. The molecule has 7 heteroatoms. The third kappa shape index (κ3) is 4.80. The molecule has 0 saturated carbocycles. The van der Waals surface area contributed by atoms with E-state index in [1.54, 1.807) is 0 Å². The lowest BCUT2D eigenvalue weighted by Gasteiger charge is -2.28. The molecule has 2 atom stereocenters. The van der Waals surface area contributed by atoms with Crippen LogP contribution in [0.4, 0.5) is 5.69 Å². The average molecular weight is 610 g/mol. The molecule has 1 fully saturated rings. The average Bonchev–Trinajstić information content (AvgIpc) is 3.46. The number of rotatable bonds is 6. The number of hydrogen-bond donors (Lipinski definition) is 1. The predicted molar refractivity (Wildman–Crippen MR) is 169 cm³/mol. The molecular formula is C33H29BrN4OS. The summed E-state index contributed by atoms with van der Waals surface area (Å²) in [5, 5.41) is 4.25. The zero-order valence-electron chi connectivity index (χ0n) is 22.5. The Hall–Kier alpha value is -3.94. The maximum atomic E-state index is 6.17. The van der Waals surface area contributed by atoms with Crippen molar-refractivity contribution in [2.24, 2.45) is 0 Å². The van der Waals surface area contributed by atoms with E-state index in [1.165, 1.54) is 5.56 Å². The van der Waals surface area contributed by atoms with Crippen LogP contribution in [-0.2, 0) is 0 Å². The van der Waals surface area contributed by atoms with Gasteiger partial charge in [0.2, 0.25) is 0 Å². The molecule has 0 spiro atoms. The van der Waals surface area contributed by atoms with Gasteiger partial charge in [0, 0.05) is 27.7 Å². The summed E-state index contributed by atoms with van der Waals surface area (Å²) in [6.45, 7) is 6.37. The summed E-state index contributed by atoms with van der Waals surface area (Å²) in [4.78, 5) is 6.92. The first-order valence-electron chi connectivity index (χ1n) is 13.2. The standard InChI is InChI=1S/C33H29BrN4OS/c1-21-10-4-7-14-30(21)39-25-17-15-24(16-18-25)38-32(31(36-33(38)40)28-12-8-9-19-35-28)26-20-22(2)37(23(26)3)29-13-6-5-11-27(29)34/h4-20,31-32H,1-3H3,(H,36,40)/t31-,32+/m0/s1. The van der Waals surface area contributed by atoms with Crippen molar-refractivity contribution in [1.82, 2.24) is 14.9 Å². The van der Waals surface area contributed by atoms with Gasteiger partial charge in [-0.2, -0.15) is 0 Å². The first-order chi connectivity index (χ1) is 19.4. The summed E-state index contributed by atoms with van der Waals surface area (Å²) in [5.41, 5.74) is 7.64. The molecular weight excluding hydrogens is 580 g/mol. The van der Waals surface area contributed by atoms with Gasteiger partial charge in [-0.25, -0.2) is 0 Å². The minimum absolute atomic E-state index is 0.104. The normalized spacial score (nSPS) is 16.7. The van der Waals surface area contributed by atoms with Gasteiger partial charge in [-0.15, -0.1) is 0 Å². The predicted octanol–water partition coefficient (Wildman–Crippen LogP) is 8.53. The van der Waals surface area contributed by atoms with E-state index in [-0.39, 0.29) is 12.1 Å². The van der Waals surface area contributed by atoms with Crippen LogP contribution in [-0.4, -0.2) is 14.7 Å². The number of pyridine rings is 1. The molecule has 5 aromatic rings. The molecule has 1 aliphatic rings. The minimum atomic E-state index is -0.121. The number of halogens is 1. The van der Waals surface area contributed by atoms with Crippen LogP contribution in [0.5, 0.6) is 11.5 Å². The fourth-order valence-electron chi connectivity index (χ4n) is 5.51. The second-order valence-electron chi connectivity index (χ2n) is 9.97. The number of hydrogen-bond acceptors (Lipinski definition) is 3. The quantitative estimate of drug-likeness (QED) is 0.196. The van der Waals surface area contributed by atoms with Crippen molar-refractivity contribution in [2.75, 3.05) is 4.90 Å². The number of nitrogens with one attached hydrogen (secondary N) is 1. The van der Waals surface area contributed by atoms with Gasteiger partial charge < -0.3 is 19.5 Å². The van der Waals surface area contributed by atoms with Crippen LogP contribution in [0.2, 0.25) is 0 Å². The van der Waals surface area contributed by atoms with Crippen molar-refractivity contribution in [2.45, 2.75) is 32.9 Å². The van der Waals surface area contributed by atoms with Crippen LogP contribution in [0.1, 0.15) is 40.3 Å². The summed E-state index contributed by atoms with van der Waals surface area (Å²) < 4.78 is 9.52. The lowest BCUT2D eigenvalue weighted by atomic mass is 9.96. The third-order valence-electron chi connectivity index (χ3n) is 7.42. The lowest BCUT2D eigenvalue weighted by molar-refractivity contribution is 0.479. The number of nitrogens with zero attached hydrogens (tertiary/aromatic N) is 3. The number of anilines is 1. The molecule has 3 heterocycles. The molecule has 3 aromatic carbocycles. The Balaban J connectivity index is 1.42.